The molecule has 0 aliphatic carbocycles. The largest absolute Gasteiger partial charge is 0.452 e. The summed E-state index contributed by atoms with van der Waals surface area (Å²) < 4.78 is 10.0. The van der Waals surface area contributed by atoms with Gasteiger partial charge in [0, 0.05) is 31.7 Å². The SMILES string of the molecule is CN(C)c1ccc(CNC(=O)COC(=O)c2cc3ccccc3oc2=O)cc1. The zero-order valence-electron chi connectivity index (χ0n) is 15.6. The lowest BCUT2D eigenvalue weighted by molar-refractivity contribution is -0.124. The van der Waals surface area contributed by atoms with Crippen LogP contribution in [0.3, 0.4) is 0 Å². The number of para-hydroxylation sites is 1. The third-order valence-electron chi connectivity index (χ3n) is 4.14. The van der Waals surface area contributed by atoms with Crippen LogP contribution in [0.1, 0.15) is 15.9 Å². The van der Waals surface area contributed by atoms with Crippen LogP contribution in [-0.4, -0.2) is 32.6 Å². The van der Waals surface area contributed by atoms with E-state index in [2.05, 4.69) is 5.32 Å². The highest BCUT2D eigenvalue weighted by molar-refractivity contribution is 5.94. The van der Waals surface area contributed by atoms with Crippen molar-refractivity contribution in [2.75, 3.05) is 25.6 Å². The summed E-state index contributed by atoms with van der Waals surface area (Å²) in [5, 5.41) is 3.26. The summed E-state index contributed by atoms with van der Waals surface area (Å²) in [7, 11) is 3.89. The molecule has 1 aromatic heterocycles. The molecule has 3 aromatic rings. The lowest BCUT2D eigenvalue weighted by atomic mass is 10.2. The van der Waals surface area contributed by atoms with Crippen molar-refractivity contribution in [3.8, 4) is 0 Å². The number of anilines is 1. The molecule has 0 fully saturated rings. The summed E-state index contributed by atoms with van der Waals surface area (Å²) in [4.78, 5) is 38.0. The van der Waals surface area contributed by atoms with Crippen molar-refractivity contribution in [2.45, 2.75) is 6.54 Å². The van der Waals surface area contributed by atoms with Gasteiger partial charge in [0.1, 0.15) is 11.1 Å². The van der Waals surface area contributed by atoms with Gasteiger partial charge < -0.3 is 19.4 Å². The van der Waals surface area contributed by atoms with E-state index in [4.69, 9.17) is 9.15 Å². The number of nitrogens with zero attached hydrogens (tertiary/aromatic N) is 1. The molecule has 1 N–H and O–H groups in total. The highest BCUT2D eigenvalue weighted by Crippen LogP contribution is 2.13. The summed E-state index contributed by atoms with van der Waals surface area (Å²) in [6, 6.07) is 15.9. The predicted molar refractivity (Wildman–Crippen MR) is 105 cm³/mol. The van der Waals surface area contributed by atoms with Crippen LogP contribution in [0.15, 0.2) is 63.8 Å². The number of benzene rings is 2. The van der Waals surface area contributed by atoms with Gasteiger partial charge >= 0.3 is 11.6 Å². The Morgan fingerprint density at radius 1 is 1.07 bits per heavy atom. The third-order valence-corrected chi connectivity index (χ3v) is 4.14. The van der Waals surface area contributed by atoms with Crippen molar-refractivity contribution in [1.29, 1.82) is 0 Å². The minimum atomic E-state index is -0.898. The van der Waals surface area contributed by atoms with Crippen LogP contribution >= 0.6 is 0 Å². The van der Waals surface area contributed by atoms with Gasteiger partial charge in [0.15, 0.2) is 6.61 Å². The van der Waals surface area contributed by atoms with Gasteiger partial charge in [0.25, 0.3) is 5.91 Å². The van der Waals surface area contributed by atoms with Crippen LogP contribution in [-0.2, 0) is 16.1 Å². The van der Waals surface area contributed by atoms with Crippen molar-refractivity contribution in [3.05, 3.63) is 76.1 Å². The smallest absolute Gasteiger partial charge is 0.351 e. The highest BCUT2D eigenvalue weighted by Gasteiger charge is 2.16. The Morgan fingerprint density at radius 3 is 2.50 bits per heavy atom. The Bertz CT molecular complexity index is 1050. The molecule has 0 saturated carbocycles. The van der Waals surface area contributed by atoms with E-state index in [0.717, 1.165) is 11.3 Å². The Hall–Kier alpha value is -3.61. The molecule has 0 unspecified atom stereocenters. The molecule has 0 atom stereocenters. The maximum Gasteiger partial charge on any atom is 0.351 e. The van der Waals surface area contributed by atoms with Gasteiger partial charge in [0.2, 0.25) is 0 Å². The number of carbonyl (C=O) groups is 2. The minimum Gasteiger partial charge on any atom is -0.452 e. The van der Waals surface area contributed by atoms with E-state index < -0.39 is 24.1 Å². The number of ether oxygens (including phenoxy) is 1. The highest BCUT2D eigenvalue weighted by atomic mass is 16.5. The van der Waals surface area contributed by atoms with Crippen LogP contribution in [0.2, 0.25) is 0 Å². The molecule has 0 bridgehead atoms. The molecule has 1 heterocycles. The van der Waals surface area contributed by atoms with Crippen LogP contribution in [0.4, 0.5) is 5.69 Å². The first-order chi connectivity index (χ1) is 13.4. The standard InChI is InChI=1S/C21H20N2O5/c1-23(2)16-9-7-14(8-10-16)12-22-19(24)13-27-20(25)17-11-15-5-3-4-6-18(15)28-21(17)26/h3-11H,12-13H2,1-2H3,(H,22,24). The van der Waals surface area contributed by atoms with Crippen LogP contribution in [0.25, 0.3) is 11.0 Å². The normalized spacial score (nSPS) is 10.5. The van der Waals surface area contributed by atoms with Gasteiger partial charge in [-0.3, -0.25) is 4.79 Å². The van der Waals surface area contributed by atoms with Gasteiger partial charge in [0.05, 0.1) is 0 Å². The van der Waals surface area contributed by atoms with Crippen LogP contribution < -0.4 is 15.8 Å². The molecule has 0 saturated heterocycles. The molecular weight excluding hydrogens is 360 g/mol. The van der Waals surface area contributed by atoms with Gasteiger partial charge in [-0.25, -0.2) is 9.59 Å². The fraction of sp³-hybridized carbons (Fsp3) is 0.190. The second kappa shape index (κ2) is 8.39. The Morgan fingerprint density at radius 2 is 1.79 bits per heavy atom. The summed E-state index contributed by atoms with van der Waals surface area (Å²) in [6.45, 7) is -0.177. The second-order valence-electron chi connectivity index (χ2n) is 6.40. The van der Waals surface area contributed by atoms with E-state index in [1.165, 1.54) is 6.07 Å². The van der Waals surface area contributed by atoms with Gasteiger partial charge in [-0.1, -0.05) is 30.3 Å². The average Bonchev–Trinajstić information content (AvgIpc) is 2.70. The van der Waals surface area contributed by atoms with Gasteiger partial charge in [-0.15, -0.1) is 0 Å². The number of carbonyl (C=O) groups excluding carboxylic acids is 2. The molecule has 0 radical (unpaired) electrons. The molecule has 0 spiro atoms. The van der Waals surface area contributed by atoms with Crippen molar-refractivity contribution in [1.82, 2.24) is 5.32 Å². The third kappa shape index (κ3) is 4.56. The number of hydrogen-bond donors (Lipinski definition) is 1. The van der Waals surface area contributed by atoms with Gasteiger partial charge in [-0.2, -0.15) is 0 Å². The quantitative estimate of drug-likeness (QED) is 0.522. The zero-order valence-corrected chi connectivity index (χ0v) is 15.6. The van der Waals surface area contributed by atoms with E-state index in [-0.39, 0.29) is 5.56 Å². The first-order valence-electron chi connectivity index (χ1n) is 8.67. The van der Waals surface area contributed by atoms with E-state index in [1.807, 2.05) is 43.3 Å². The number of rotatable bonds is 6. The van der Waals surface area contributed by atoms with Crippen molar-refractivity contribution in [2.24, 2.45) is 0 Å². The lowest BCUT2D eigenvalue weighted by Gasteiger charge is -2.13. The molecule has 0 aliphatic rings. The number of hydrogen-bond acceptors (Lipinski definition) is 6. The Balaban J connectivity index is 1.55. The summed E-state index contributed by atoms with van der Waals surface area (Å²) in [5.41, 5.74) is 1.30. The van der Waals surface area contributed by atoms with E-state index in [1.54, 1.807) is 24.3 Å². The molecule has 144 valence electrons. The van der Waals surface area contributed by atoms with Crippen LogP contribution in [0, 0.1) is 0 Å². The molecule has 7 heteroatoms. The Labute approximate surface area is 161 Å². The molecule has 1 amide bonds. The van der Waals surface area contributed by atoms with Crippen molar-refractivity contribution in [3.63, 3.8) is 0 Å². The average molecular weight is 380 g/mol. The topological polar surface area (TPSA) is 88.8 Å². The number of fused-ring (bicyclic) bond motifs is 1. The first-order valence-corrected chi connectivity index (χ1v) is 8.67. The lowest BCUT2D eigenvalue weighted by Crippen LogP contribution is -2.29. The molecule has 0 aliphatic heterocycles. The second-order valence-corrected chi connectivity index (χ2v) is 6.40. The molecule has 3 rings (SSSR count). The number of amides is 1. The summed E-state index contributed by atoms with van der Waals surface area (Å²) >= 11 is 0. The Kier molecular flexibility index (Phi) is 5.74. The summed E-state index contributed by atoms with van der Waals surface area (Å²) in [5.74, 6) is -1.36. The van der Waals surface area contributed by atoms with Crippen molar-refractivity contribution < 1.29 is 18.7 Å². The molecule has 2 aromatic carbocycles. The fourth-order valence-corrected chi connectivity index (χ4v) is 2.58. The van der Waals surface area contributed by atoms with E-state index in [0.29, 0.717) is 17.5 Å². The summed E-state index contributed by atoms with van der Waals surface area (Å²) in [6.07, 6.45) is 0. The maximum absolute atomic E-state index is 12.1. The van der Waals surface area contributed by atoms with Gasteiger partial charge in [-0.05, 0) is 29.8 Å². The predicted octanol–water partition coefficient (Wildman–Crippen LogP) is 2.33. The maximum atomic E-state index is 12.1. The monoisotopic (exact) mass is 380 g/mol. The fourth-order valence-electron chi connectivity index (χ4n) is 2.58. The minimum absolute atomic E-state index is 0.245. The zero-order chi connectivity index (χ0) is 20.1. The molecule has 28 heavy (non-hydrogen) atoms. The van der Waals surface area contributed by atoms with Crippen LogP contribution in [0.5, 0.6) is 0 Å². The number of esters is 1. The number of nitrogens with one attached hydrogen (secondary N) is 1. The van der Waals surface area contributed by atoms with Crippen molar-refractivity contribution >= 4 is 28.5 Å². The van der Waals surface area contributed by atoms with E-state index in [9.17, 15) is 14.4 Å². The first kappa shape index (κ1) is 19.2. The van der Waals surface area contributed by atoms with E-state index >= 15 is 0 Å². The molecular formula is C21H20N2O5. The molecule has 7 nitrogen and oxygen atoms in total.